The standard InChI is InChI=1S/C20H18N2O3S2/c1-12(18(23)21-15-8-7-13-4-2-5-14(13)10-15)25-20(24)16-11-27-19(22-16)17-6-3-9-26-17/h3,6-12H,2,4-5H2,1H3,(H,21,23)/t12-/m0/s1. The number of thiazole rings is 1. The number of carbonyl (C=O) groups excluding carboxylic acids is 2. The van der Waals surface area contributed by atoms with Crippen LogP contribution < -0.4 is 5.32 Å². The lowest BCUT2D eigenvalue weighted by molar-refractivity contribution is -0.123. The number of aromatic nitrogens is 1. The second-order valence-electron chi connectivity index (χ2n) is 6.39. The van der Waals surface area contributed by atoms with Crippen molar-refractivity contribution in [1.29, 1.82) is 0 Å². The largest absolute Gasteiger partial charge is 0.448 e. The molecule has 27 heavy (non-hydrogen) atoms. The number of ether oxygens (including phenoxy) is 1. The van der Waals surface area contributed by atoms with E-state index in [0.717, 1.165) is 34.8 Å². The molecule has 2 aromatic heterocycles. The molecule has 5 nitrogen and oxygen atoms in total. The molecule has 0 fully saturated rings. The summed E-state index contributed by atoms with van der Waals surface area (Å²) in [4.78, 5) is 30.0. The second kappa shape index (κ2) is 7.62. The summed E-state index contributed by atoms with van der Waals surface area (Å²) < 4.78 is 5.29. The van der Waals surface area contributed by atoms with Crippen molar-refractivity contribution in [2.45, 2.75) is 32.3 Å². The van der Waals surface area contributed by atoms with Crippen LogP contribution in [0.4, 0.5) is 5.69 Å². The van der Waals surface area contributed by atoms with Gasteiger partial charge in [-0.05, 0) is 60.9 Å². The van der Waals surface area contributed by atoms with Gasteiger partial charge in [-0.2, -0.15) is 0 Å². The van der Waals surface area contributed by atoms with Crippen LogP contribution in [0.2, 0.25) is 0 Å². The number of hydrogen-bond donors (Lipinski definition) is 1. The number of esters is 1. The Balaban J connectivity index is 1.37. The summed E-state index contributed by atoms with van der Waals surface area (Å²) in [7, 11) is 0. The molecule has 0 aliphatic heterocycles. The molecule has 4 rings (SSSR count). The van der Waals surface area contributed by atoms with E-state index in [0.29, 0.717) is 0 Å². The van der Waals surface area contributed by atoms with Crippen LogP contribution in [0.5, 0.6) is 0 Å². The molecule has 0 saturated carbocycles. The molecule has 0 saturated heterocycles. The first kappa shape index (κ1) is 17.9. The summed E-state index contributed by atoms with van der Waals surface area (Å²) in [6.07, 6.45) is 2.39. The number of hydrogen-bond acceptors (Lipinski definition) is 6. The van der Waals surface area contributed by atoms with Crippen LogP contribution >= 0.6 is 22.7 Å². The van der Waals surface area contributed by atoms with Crippen LogP contribution in [0.15, 0.2) is 41.1 Å². The number of carbonyl (C=O) groups is 2. The van der Waals surface area contributed by atoms with Crippen molar-refractivity contribution in [3.05, 3.63) is 57.9 Å². The topological polar surface area (TPSA) is 68.3 Å². The van der Waals surface area contributed by atoms with Crippen molar-refractivity contribution < 1.29 is 14.3 Å². The summed E-state index contributed by atoms with van der Waals surface area (Å²) >= 11 is 2.94. The summed E-state index contributed by atoms with van der Waals surface area (Å²) in [5.41, 5.74) is 3.58. The van der Waals surface area contributed by atoms with E-state index in [1.165, 1.54) is 22.5 Å². The van der Waals surface area contributed by atoms with Crippen LogP contribution in [0.3, 0.4) is 0 Å². The SMILES string of the molecule is C[C@H](OC(=O)c1csc(-c2cccs2)n1)C(=O)Nc1ccc2c(c1)CCC2. The normalized spacial score (nSPS) is 13.8. The lowest BCUT2D eigenvalue weighted by Gasteiger charge is -2.13. The molecule has 0 spiro atoms. The highest BCUT2D eigenvalue weighted by atomic mass is 32.1. The number of benzene rings is 1. The van der Waals surface area contributed by atoms with Gasteiger partial charge in [-0.1, -0.05) is 12.1 Å². The summed E-state index contributed by atoms with van der Waals surface area (Å²) in [6, 6.07) is 9.83. The Labute approximate surface area is 165 Å². The molecule has 1 aliphatic carbocycles. The molecule has 3 aromatic rings. The maximum absolute atomic E-state index is 12.4. The average molecular weight is 399 g/mol. The lowest BCUT2D eigenvalue weighted by Crippen LogP contribution is -2.30. The molecule has 2 heterocycles. The summed E-state index contributed by atoms with van der Waals surface area (Å²) in [6.45, 7) is 1.56. The highest BCUT2D eigenvalue weighted by Gasteiger charge is 2.22. The zero-order chi connectivity index (χ0) is 18.8. The lowest BCUT2D eigenvalue weighted by atomic mass is 10.1. The van der Waals surface area contributed by atoms with E-state index in [2.05, 4.69) is 16.4 Å². The smallest absolute Gasteiger partial charge is 0.358 e. The third kappa shape index (κ3) is 3.94. The van der Waals surface area contributed by atoms with Gasteiger partial charge < -0.3 is 10.1 Å². The number of amides is 1. The highest BCUT2D eigenvalue weighted by molar-refractivity contribution is 7.20. The average Bonchev–Trinajstić information content (AvgIpc) is 3.40. The van der Waals surface area contributed by atoms with Crippen molar-refractivity contribution >= 4 is 40.2 Å². The molecule has 1 aromatic carbocycles. The molecule has 7 heteroatoms. The fourth-order valence-corrected chi connectivity index (χ4v) is 4.65. The van der Waals surface area contributed by atoms with Crippen molar-refractivity contribution in [2.24, 2.45) is 0 Å². The third-order valence-electron chi connectivity index (χ3n) is 4.46. The zero-order valence-corrected chi connectivity index (χ0v) is 16.4. The van der Waals surface area contributed by atoms with E-state index in [1.807, 2.05) is 29.6 Å². The van der Waals surface area contributed by atoms with Crippen LogP contribution in [0, 0.1) is 0 Å². The molecule has 1 amide bonds. The molecular formula is C20H18N2O3S2. The van der Waals surface area contributed by atoms with Crippen molar-refractivity contribution in [2.75, 3.05) is 5.32 Å². The van der Waals surface area contributed by atoms with Gasteiger partial charge in [0.2, 0.25) is 0 Å². The minimum Gasteiger partial charge on any atom is -0.448 e. The van der Waals surface area contributed by atoms with Crippen molar-refractivity contribution in [3.8, 4) is 9.88 Å². The predicted octanol–water partition coefficient (Wildman–Crippen LogP) is 4.54. The Kier molecular flexibility index (Phi) is 5.05. The third-order valence-corrected chi connectivity index (χ3v) is 6.35. The van der Waals surface area contributed by atoms with E-state index in [-0.39, 0.29) is 11.6 Å². The van der Waals surface area contributed by atoms with Gasteiger partial charge in [-0.3, -0.25) is 4.79 Å². The van der Waals surface area contributed by atoms with Gasteiger partial charge in [-0.15, -0.1) is 22.7 Å². The molecule has 1 N–H and O–H groups in total. The summed E-state index contributed by atoms with van der Waals surface area (Å²) in [5.74, 6) is -0.944. The molecular weight excluding hydrogens is 380 g/mol. The summed E-state index contributed by atoms with van der Waals surface area (Å²) in [5, 5.41) is 7.21. The Hall–Kier alpha value is -2.51. The van der Waals surface area contributed by atoms with Gasteiger partial charge in [0, 0.05) is 11.1 Å². The quantitative estimate of drug-likeness (QED) is 0.641. The first-order valence-electron chi connectivity index (χ1n) is 8.73. The maximum atomic E-state index is 12.4. The molecule has 1 aliphatic rings. The van der Waals surface area contributed by atoms with E-state index >= 15 is 0 Å². The number of rotatable bonds is 5. The van der Waals surface area contributed by atoms with Crippen LogP contribution in [-0.2, 0) is 22.4 Å². The van der Waals surface area contributed by atoms with E-state index in [1.54, 1.807) is 23.6 Å². The van der Waals surface area contributed by atoms with Gasteiger partial charge in [0.1, 0.15) is 5.01 Å². The molecule has 1 atom stereocenters. The Bertz CT molecular complexity index is 979. The zero-order valence-electron chi connectivity index (χ0n) is 14.7. The van der Waals surface area contributed by atoms with Crippen LogP contribution in [0.1, 0.15) is 35.0 Å². The van der Waals surface area contributed by atoms with Gasteiger partial charge >= 0.3 is 5.97 Å². The monoisotopic (exact) mass is 398 g/mol. The van der Waals surface area contributed by atoms with E-state index in [9.17, 15) is 9.59 Å². The van der Waals surface area contributed by atoms with Crippen molar-refractivity contribution in [3.63, 3.8) is 0 Å². The van der Waals surface area contributed by atoms with E-state index in [4.69, 9.17) is 4.74 Å². The van der Waals surface area contributed by atoms with Gasteiger partial charge in [0.15, 0.2) is 11.8 Å². The fourth-order valence-electron chi connectivity index (χ4n) is 3.05. The van der Waals surface area contributed by atoms with Gasteiger partial charge in [0.05, 0.1) is 4.88 Å². The number of nitrogens with zero attached hydrogens (tertiary/aromatic N) is 1. The Morgan fingerprint density at radius 3 is 2.85 bits per heavy atom. The highest BCUT2D eigenvalue weighted by Crippen LogP contribution is 2.28. The first-order valence-corrected chi connectivity index (χ1v) is 10.5. The fraction of sp³-hybridized carbons (Fsp3) is 0.250. The second-order valence-corrected chi connectivity index (χ2v) is 8.19. The first-order chi connectivity index (χ1) is 13.1. The van der Waals surface area contributed by atoms with Gasteiger partial charge in [0.25, 0.3) is 5.91 Å². The van der Waals surface area contributed by atoms with Gasteiger partial charge in [-0.25, -0.2) is 9.78 Å². The minimum atomic E-state index is -0.905. The number of fused-ring (bicyclic) bond motifs is 1. The van der Waals surface area contributed by atoms with Crippen molar-refractivity contribution in [1.82, 2.24) is 4.98 Å². The van der Waals surface area contributed by atoms with E-state index < -0.39 is 12.1 Å². The predicted molar refractivity (Wildman–Crippen MR) is 107 cm³/mol. The minimum absolute atomic E-state index is 0.223. The number of anilines is 1. The Morgan fingerprint density at radius 2 is 2.04 bits per heavy atom. The maximum Gasteiger partial charge on any atom is 0.358 e. The number of aryl methyl sites for hydroxylation is 2. The molecule has 0 unspecified atom stereocenters. The van der Waals surface area contributed by atoms with Crippen LogP contribution in [0.25, 0.3) is 9.88 Å². The number of nitrogens with one attached hydrogen (secondary N) is 1. The van der Waals surface area contributed by atoms with Crippen LogP contribution in [-0.4, -0.2) is 23.0 Å². The molecule has 0 radical (unpaired) electrons. The Morgan fingerprint density at radius 1 is 1.19 bits per heavy atom. The number of thiophene rings is 1. The molecule has 0 bridgehead atoms. The molecule has 138 valence electrons.